The highest BCUT2D eigenvalue weighted by Crippen LogP contribution is 2.36. The van der Waals surface area contributed by atoms with Crippen molar-refractivity contribution in [3.05, 3.63) is 41.8 Å². The standard InChI is InChI=1S/C29H40FN5O2/c1-19-2-4-21(5-3-19)28(37)35-16-14-20(15-17-35)26-18-31-29(33-24-8-6-22(30)7-9-24)34-27(26)32-23-10-12-25(36)13-11-23/h6-9,18-21,23,25,36H,2-5,10-17H2,1H3,(H2,31,32,33,34). The molecule has 0 unspecified atom stereocenters. The molecule has 2 aromatic rings. The van der Waals surface area contributed by atoms with Gasteiger partial charge >= 0.3 is 0 Å². The molecule has 2 aliphatic carbocycles. The number of aliphatic hydroxyl groups excluding tert-OH is 1. The van der Waals surface area contributed by atoms with Crippen LogP contribution in [0.3, 0.4) is 0 Å². The van der Waals surface area contributed by atoms with Gasteiger partial charge in [-0.1, -0.05) is 6.92 Å². The van der Waals surface area contributed by atoms with E-state index in [1.807, 2.05) is 6.20 Å². The normalized spacial score (nSPS) is 27.1. The lowest BCUT2D eigenvalue weighted by molar-refractivity contribution is -0.137. The topological polar surface area (TPSA) is 90.4 Å². The fourth-order valence-electron chi connectivity index (χ4n) is 6.12. The van der Waals surface area contributed by atoms with Crippen LogP contribution >= 0.6 is 0 Å². The van der Waals surface area contributed by atoms with Crippen molar-refractivity contribution < 1.29 is 14.3 Å². The summed E-state index contributed by atoms with van der Waals surface area (Å²) < 4.78 is 13.3. The predicted molar refractivity (Wildman–Crippen MR) is 143 cm³/mol. The first kappa shape index (κ1) is 25.9. The Morgan fingerprint density at radius 3 is 2.32 bits per heavy atom. The molecule has 37 heavy (non-hydrogen) atoms. The minimum atomic E-state index is -0.286. The van der Waals surface area contributed by atoms with Crippen LogP contribution in [0.2, 0.25) is 0 Å². The lowest BCUT2D eigenvalue weighted by atomic mass is 9.81. The highest BCUT2D eigenvalue weighted by molar-refractivity contribution is 5.79. The number of carbonyl (C=O) groups is 1. The molecule has 3 N–H and O–H groups in total. The number of piperidine rings is 1. The molecule has 7 nitrogen and oxygen atoms in total. The first-order valence-electron chi connectivity index (χ1n) is 14.1. The molecule has 3 fully saturated rings. The van der Waals surface area contributed by atoms with Gasteiger partial charge in [0.2, 0.25) is 11.9 Å². The van der Waals surface area contributed by atoms with Gasteiger partial charge in [0.1, 0.15) is 11.6 Å². The summed E-state index contributed by atoms with van der Waals surface area (Å²) in [5, 5.41) is 16.8. The van der Waals surface area contributed by atoms with Crippen LogP contribution in [-0.4, -0.2) is 51.1 Å². The van der Waals surface area contributed by atoms with Crippen LogP contribution in [0.15, 0.2) is 30.5 Å². The van der Waals surface area contributed by atoms with E-state index in [4.69, 9.17) is 4.98 Å². The summed E-state index contributed by atoms with van der Waals surface area (Å²) >= 11 is 0. The number of aliphatic hydroxyl groups is 1. The highest BCUT2D eigenvalue weighted by Gasteiger charge is 2.32. The van der Waals surface area contributed by atoms with Gasteiger partial charge in [-0.05, 0) is 100 Å². The van der Waals surface area contributed by atoms with Crippen LogP contribution in [0.5, 0.6) is 0 Å². The van der Waals surface area contributed by atoms with Crippen molar-refractivity contribution in [1.82, 2.24) is 14.9 Å². The number of anilines is 3. The number of nitrogens with one attached hydrogen (secondary N) is 2. The lowest BCUT2D eigenvalue weighted by Crippen LogP contribution is -2.42. The Kier molecular flexibility index (Phi) is 8.23. The van der Waals surface area contributed by atoms with E-state index in [1.165, 1.54) is 12.1 Å². The molecule has 3 aliphatic rings. The maximum absolute atomic E-state index is 13.3. The lowest BCUT2D eigenvalue weighted by Gasteiger charge is -2.36. The minimum Gasteiger partial charge on any atom is -0.393 e. The summed E-state index contributed by atoms with van der Waals surface area (Å²) in [5.74, 6) is 2.58. The zero-order valence-corrected chi connectivity index (χ0v) is 21.8. The molecular weight excluding hydrogens is 469 g/mol. The first-order chi connectivity index (χ1) is 17.9. The molecule has 2 saturated carbocycles. The number of hydrogen-bond acceptors (Lipinski definition) is 6. The van der Waals surface area contributed by atoms with Crippen LogP contribution in [0.25, 0.3) is 0 Å². The van der Waals surface area contributed by atoms with E-state index in [-0.39, 0.29) is 29.8 Å². The summed E-state index contributed by atoms with van der Waals surface area (Å²) in [6.45, 7) is 3.84. The van der Waals surface area contributed by atoms with Crippen molar-refractivity contribution >= 4 is 23.4 Å². The Balaban J connectivity index is 1.28. The number of nitrogens with zero attached hydrogens (tertiary/aromatic N) is 3. The molecule has 0 bridgehead atoms. The van der Waals surface area contributed by atoms with Gasteiger partial charge in [0.05, 0.1) is 6.10 Å². The number of benzene rings is 1. The molecule has 200 valence electrons. The molecule has 1 aromatic heterocycles. The van der Waals surface area contributed by atoms with Gasteiger partial charge in [-0.15, -0.1) is 0 Å². The average molecular weight is 510 g/mol. The van der Waals surface area contributed by atoms with Crippen molar-refractivity contribution in [2.75, 3.05) is 23.7 Å². The van der Waals surface area contributed by atoms with Crippen molar-refractivity contribution in [2.45, 2.75) is 89.2 Å². The Hall–Kier alpha value is -2.74. The molecule has 2 heterocycles. The van der Waals surface area contributed by atoms with Gasteiger partial charge in [-0.2, -0.15) is 4.98 Å². The Morgan fingerprint density at radius 1 is 0.973 bits per heavy atom. The van der Waals surface area contributed by atoms with E-state index in [9.17, 15) is 14.3 Å². The number of halogens is 1. The quantitative estimate of drug-likeness (QED) is 0.469. The molecular formula is C29H40FN5O2. The van der Waals surface area contributed by atoms with Crippen LogP contribution in [0.4, 0.5) is 21.8 Å². The smallest absolute Gasteiger partial charge is 0.229 e. The van der Waals surface area contributed by atoms with Gasteiger partial charge in [0, 0.05) is 42.5 Å². The van der Waals surface area contributed by atoms with Gasteiger partial charge in [-0.3, -0.25) is 4.79 Å². The second kappa shape index (κ2) is 11.8. The van der Waals surface area contributed by atoms with Gasteiger partial charge in [0.25, 0.3) is 0 Å². The van der Waals surface area contributed by atoms with Gasteiger partial charge in [0.15, 0.2) is 0 Å². The number of rotatable bonds is 6. The largest absolute Gasteiger partial charge is 0.393 e. The molecule has 5 rings (SSSR count). The van der Waals surface area contributed by atoms with Gasteiger partial charge < -0.3 is 20.6 Å². The van der Waals surface area contributed by atoms with Crippen molar-refractivity contribution in [3.8, 4) is 0 Å². The number of likely N-dealkylation sites (tertiary alicyclic amines) is 1. The highest BCUT2D eigenvalue weighted by atomic mass is 19.1. The minimum absolute atomic E-state index is 0.201. The Morgan fingerprint density at radius 2 is 1.65 bits per heavy atom. The van der Waals surface area contributed by atoms with Crippen molar-refractivity contribution in [3.63, 3.8) is 0 Å². The summed E-state index contributed by atoms with van der Waals surface area (Å²) in [5.41, 5.74) is 1.82. The van der Waals surface area contributed by atoms with E-state index in [2.05, 4.69) is 27.4 Å². The van der Waals surface area contributed by atoms with Gasteiger partial charge in [-0.25, -0.2) is 9.37 Å². The second-order valence-electron chi connectivity index (χ2n) is 11.3. The summed E-state index contributed by atoms with van der Waals surface area (Å²) in [6, 6.07) is 6.41. The number of aromatic nitrogens is 2. The third kappa shape index (κ3) is 6.58. The predicted octanol–water partition coefficient (Wildman–Crippen LogP) is 5.61. The molecule has 0 spiro atoms. The number of carbonyl (C=O) groups excluding carboxylic acids is 1. The van der Waals surface area contributed by atoms with Crippen molar-refractivity contribution in [2.24, 2.45) is 11.8 Å². The van der Waals surface area contributed by atoms with E-state index >= 15 is 0 Å². The first-order valence-corrected chi connectivity index (χ1v) is 14.1. The molecule has 0 radical (unpaired) electrons. The van der Waals surface area contributed by atoms with E-state index in [0.717, 1.165) is 100 Å². The second-order valence-corrected chi connectivity index (χ2v) is 11.3. The summed E-state index contributed by atoms with van der Waals surface area (Å²) in [6.07, 6.45) is 11.3. The zero-order chi connectivity index (χ0) is 25.8. The average Bonchev–Trinajstić information content (AvgIpc) is 2.92. The van der Waals surface area contributed by atoms with E-state index in [0.29, 0.717) is 11.9 Å². The van der Waals surface area contributed by atoms with Crippen LogP contribution < -0.4 is 10.6 Å². The maximum atomic E-state index is 13.3. The summed E-state index contributed by atoms with van der Waals surface area (Å²) in [7, 11) is 0. The molecule has 0 atom stereocenters. The fourth-order valence-corrected chi connectivity index (χ4v) is 6.12. The number of amides is 1. The third-order valence-corrected chi connectivity index (χ3v) is 8.57. The van der Waals surface area contributed by atoms with Crippen molar-refractivity contribution in [1.29, 1.82) is 0 Å². The zero-order valence-electron chi connectivity index (χ0n) is 21.8. The maximum Gasteiger partial charge on any atom is 0.229 e. The molecule has 1 aromatic carbocycles. The van der Waals surface area contributed by atoms with Crippen LogP contribution in [0.1, 0.15) is 82.6 Å². The third-order valence-electron chi connectivity index (χ3n) is 8.57. The number of hydrogen-bond donors (Lipinski definition) is 3. The molecule has 1 amide bonds. The van der Waals surface area contributed by atoms with Crippen LogP contribution in [0, 0.1) is 17.7 Å². The fraction of sp³-hybridized carbons (Fsp3) is 0.621. The Labute approximate surface area is 219 Å². The molecule has 1 aliphatic heterocycles. The van der Waals surface area contributed by atoms with E-state index in [1.54, 1.807) is 12.1 Å². The van der Waals surface area contributed by atoms with E-state index < -0.39 is 0 Å². The van der Waals surface area contributed by atoms with Crippen LogP contribution in [-0.2, 0) is 4.79 Å². The molecule has 8 heteroatoms. The monoisotopic (exact) mass is 509 g/mol. The molecule has 1 saturated heterocycles. The summed E-state index contributed by atoms with van der Waals surface area (Å²) in [4.78, 5) is 24.7. The SMILES string of the molecule is CC1CCC(C(=O)N2CCC(c3cnc(Nc4ccc(F)cc4)nc3NC3CCC(O)CC3)CC2)CC1. The Bertz CT molecular complexity index is 1040.